The highest BCUT2D eigenvalue weighted by atomic mass is 32.2. The van der Waals surface area contributed by atoms with E-state index < -0.39 is 5.82 Å². The van der Waals surface area contributed by atoms with E-state index in [1.54, 1.807) is 18.3 Å². The van der Waals surface area contributed by atoms with Gasteiger partial charge < -0.3 is 5.73 Å². The second kappa shape index (κ2) is 5.29. The zero-order valence-corrected chi connectivity index (χ0v) is 10.4. The van der Waals surface area contributed by atoms with Gasteiger partial charge in [0.1, 0.15) is 16.0 Å². The van der Waals surface area contributed by atoms with Crippen LogP contribution in [-0.4, -0.2) is 10.8 Å². The Bertz CT molecular complexity index is 526. The van der Waals surface area contributed by atoms with E-state index in [-0.39, 0.29) is 11.4 Å². The van der Waals surface area contributed by atoms with E-state index in [0.717, 1.165) is 4.34 Å². The zero-order valence-electron chi connectivity index (χ0n) is 8.81. The van der Waals surface area contributed by atoms with Crippen LogP contribution in [0.3, 0.4) is 0 Å². The number of thioether (sulfide) groups is 1. The van der Waals surface area contributed by atoms with Crippen molar-refractivity contribution in [1.29, 1.82) is 5.41 Å². The first-order chi connectivity index (χ1) is 8.18. The Balaban J connectivity index is 2.16. The molecule has 3 N–H and O–H groups in total. The van der Waals surface area contributed by atoms with Gasteiger partial charge in [-0.3, -0.25) is 5.41 Å². The first-order valence-corrected chi connectivity index (χ1v) is 6.69. The van der Waals surface area contributed by atoms with E-state index in [0.29, 0.717) is 11.3 Å². The number of thiazole rings is 1. The molecule has 0 aliphatic rings. The van der Waals surface area contributed by atoms with Crippen molar-refractivity contribution in [3.05, 3.63) is 46.7 Å². The van der Waals surface area contributed by atoms with Crippen molar-refractivity contribution in [2.45, 2.75) is 10.1 Å². The number of hydrogen-bond acceptors (Lipinski definition) is 4. The lowest BCUT2D eigenvalue weighted by molar-refractivity contribution is 0.614. The summed E-state index contributed by atoms with van der Waals surface area (Å²) in [6.07, 6.45) is 1.72. The average molecular weight is 267 g/mol. The molecule has 0 saturated carbocycles. The highest BCUT2D eigenvalue weighted by Gasteiger charge is 2.10. The first-order valence-electron chi connectivity index (χ1n) is 4.82. The summed E-state index contributed by atoms with van der Waals surface area (Å²) in [7, 11) is 0. The average Bonchev–Trinajstić information content (AvgIpc) is 2.80. The highest BCUT2D eigenvalue weighted by Crippen LogP contribution is 2.26. The van der Waals surface area contributed by atoms with Gasteiger partial charge in [0.15, 0.2) is 0 Å². The molecule has 1 aromatic heterocycles. The molecule has 1 heterocycles. The predicted octanol–water partition coefficient (Wildman–Crippen LogP) is 2.86. The SMILES string of the molecule is N=C(N)c1cccc(CSc2nccs2)c1F. The molecule has 2 aromatic rings. The number of nitrogen functional groups attached to an aromatic ring is 1. The molecule has 0 spiro atoms. The first kappa shape index (κ1) is 12.1. The van der Waals surface area contributed by atoms with Gasteiger partial charge in [-0.15, -0.1) is 11.3 Å². The van der Waals surface area contributed by atoms with Gasteiger partial charge in [0.2, 0.25) is 0 Å². The number of nitrogens with two attached hydrogens (primary N) is 1. The van der Waals surface area contributed by atoms with E-state index >= 15 is 0 Å². The maximum atomic E-state index is 13.9. The molecule has 1 aromatic carbocycles. The van der Waals surface area contributed by atoms with E-state index in [1.807, 2.05) is 5.38 Å². The lowest BCUT2D eigenvalue weighted by atomic mass is 10.1. The molecule has 0 bridgehead atoms. The molecular formula is C11H10FN3S2. The summed E-state index contributed by atoms with van der Waals surface area (Å²) in [5.74, 6) is -0.173. The minimum Gasteiger partial charge on any atom is -0.384 e. The predicted molar refractivity (Wildman–Crippen MR) is 69.1 cm³/mol. The van der Waals surface area contributed by atoms with Gasteiger partial charge >= 0.3 is 0 Å². The van der Waals surface area contributed by atoms with Crippen molar-refractivity contribution >= 4 is 28.9 Å². The van der Waals surface area contributed by atoms with Crippen molar-refractivity contribution in [3.63, 3.8) is 0 Å². The van der Waals surface area contributed by atoms with Crippen LogP contribution >= 0.6 is 23.1 Å². The third-order valence-corrected chi connectivity index (χ3v) is 4.14. The number of aromatic nitrogens is 1. The topological polar surface area (TPSA) is 62.8 Å². The third-order valence-electron chi connectivity index (χ3n) is 2.13. The number of benzene rings is 1. The summed E-state index contributed by atoms with van der Waals surface area (Å²) in [6, 6.07) is 4.91. The van der Waals surface area contributed by atoms with Crippen LogP contribution in [0, 0.1) is 11.2 Å². The fourth-order valence-corrected chi connectivity index (χ4v) is 2.93. The van der Waals surface area contributed by atoms with Crippen LogP contribution in [0.2, 0.25) is 0 Å². The van der Waals surface area contributed by atoms with Gasteiger partial charge in [0.05, 0.1) is 5.56 Å². The van der Waals surface area contributed by atoms with Crippen molar-refractivity contribution in [1.82, 2.24) is 4.98 Å². The Morgan fingerprint density at radius 3 is 3.00 bits per heavy atom. The molecular weight excluding hydrogens is 257 g/mol. The second-order valence-corrected chi connectivity index (χ2v) is 5.40. The van der Waals surface area contributed by atoms with Crippen molar-refractivity contribution in [3.8, 4) is 0 Å². The Labute approximate surface area is 106 Å². The minimum atomic E-state index is -0.413. The molecule has 0 saturated heterocycles. The Morgan fingerprint density at radius 2 is 2.35 bits per heavy atom. The number of nitrogens with one attached hydrogen (secondary N) is 1. The molecule has 0 aliphatic heterocycles. The van der Waals surface area contributed by atoms with Crippen LogP contribution < -0.4 is 5.73 Å². The van der Waals surface area contributed by atoms with Gasteiger partial charge in [-0.25, -0.2) is 9.37 Å². The van der Waals surface area contributed by atoms with Crippen molar-refractivity contribution in [2.24, 2.45) is 5.73 Å². The maximum absolute atomic E-state index is 13.9. The monoisotopic (exact) mass is 267 g/mol. The molecule has 0 atom stereocenters. The molecule has 0 amide bonds. The minimum absolute atomic E-state index is 0.155. The van der Waals surface area contributed by atoms with Crippen LogP contribution in [0.15, 0.2) is 34.1 Å². The van der Waals surface area contributed by atoms with E-state index in [2.05, 4.69) is 4.98 Å². The standard InChI is InChI=1S/C11H10FN3S2/c12-9-7(2-1-3-8(9)10(13)14)6-17-11-15-4-5-16-11/h1-5H,6H2,(H3,13,14). The van der Waals surface area contributed by atoms with Gasteiger partial charge in [0.25, 0.3) is 0 Å². The molecule has 0 unspecified atom stereocenters. The van der Waals surface area contributed by atoms with Crippen LogP contribution in [-0.2, 0) is 5.75 Å². The lowest BCUT2D eigenvalue weighted by Crippen LogP contribution is -2.14. The molecule has 88 valence electrons. The summed E-state index contributed by atoms with van der Waals surface area (Å²) < 4.78 is 14.8. The van der Waals surface area contributed by atoms with Crippen LogP contribution in [0.4, 0.5) is 4.39 Å². The van der Waals surface area contributed by atoms with Crippen LogP contribution in [0.5, 0.6) is 0 Å². The number of rotatable bonds is 4. The molecule has 0 radical (unpaired) electrons. The van der Waals surface area contributed by atoms with Gasteiger partial charge in [-0.2, -0.15) is 0 Å². The number of hydrogen-bond donors (Lipinski definition) is 2. The van der Waals surface area contributed by atoms with E-state index in [4.69, 9.17) is 11.1 Å². The largest absolute Gasteiger partial charge is 0.384 e. The Hall–Kier alpha value is -1.40. The van der Waals surface area contributed by atoms with Crippen LogP contribution in [0.25, 0.3) is 0 Å². The van der Waals surface area contributed by atoms with Gasteiger partial charge in [-0.1, -0.05) is 23.9 Å². The molecule has 6 heteroatoms. The van der Waals surface area contributed by atoms with E-state index in [9.17, 15) is 4.39 Å². The van der Waals surface area contributed by atoms with Crippen molar-refractivity contribution in [2.75, 3.05) is 0 Å². The third kappa shape index (κ3) is 2.83. The maximum Gasteiger partial charge on any atom is 0.150 e. The summed E-state index contributed by atoms with van der Waals surface area (Å²) in [5, 5.41) is 9.14. The fraction of sp³-hybridized carbons (Fsp3) is 0.0909. The summed E-state index contributed by atoms with van der Waals surface area (Å²) in [4.78, 5) is 4.11. The Kier molecular flexibility index (Phi) is 3.75. The summed E-state index contributed by atoms with van der Waals surface area (Å²) in [5.41, 5.74) is 5.99. The van der Waals surface area contributed by atoms with E-state index in [1.165, 1.54) is 29.2 Å². The smallest absolute Gasteiger partial charge is 0.150 e. The van der Waals surface area contributed by atoms with Crippen molar-refractivity contribution < 1.29 is 4.39 Å². The summed E-state index contributed by atoms with van der Waals surface area (Å²) >= 11 is 2.99. The van der Waals surface area contributed by atoms with Crippen LogP contribution in [0.1, 0.15) is 11.1 Å². The number of amidine groups is 1. The molecule has 17 heavy (non-hydrogen) atoms. The number of nitrogens with zero attached hydrogens (tertiary/aromatic N) is 1. The quantitative estimate of drug-likeness (QED) is 0.508. The number of halogens is 1. The lowest BCUT2D eigenvalue weighted by Gasteiger charge is -2.05. The fourth-order valence-electron chi connectivity index (χ4n) is 1.32. The van der Waals surface area contributed by atoms with Gasteiger partial charge in [-0.05, 0) is 11.6 Å². The second-order valence-electron chi connectivity index (χ2n) is 3.28. The van der Waals surface area contributed by atoms with Gasteiger partial charge in [0, 0.05) is 17.3 Å². The zero-order chi connectivity index (χ0) is 12.3. The molecule has 0 aliphatic carbocycles. The molecule has 2 rings (SSSR count). The molecule has 3 nitrogen and oxygen atoms in total. The Morgan fingerprint density at radius 1 is 1.53 bits per heavy atom. The molecule has 0 fully saturated rings. The summed E-state index contributed by atoms with van der Waals surface area (Å²) in [6.45, 7) is 0. The normalized spacial score (nSPS) is 10.4. The highest BCUT2D eigenvalue weighted by molar-refractivity contribution is 8.00.